The molecule has 0 N–H and O–H groups in total. The van der Waals surface area contributed by atoms with Crippen molar-refractivity contribution in [1.29, 1.82) is 0 Å². The summed E-state index contributed by atoms with van der Waals surface area (Å²) >= 11 is 0. The second kappa shape index (κ2) is 14.9. The first-order valence-electron chi connectivity index (χ1n) is 20.9. The van der Waals surface area contributed by atoms with Gasteiger partial charge in [0.1, 0.15) is 11.2 Å². The molecule has 7 nitrogen and oxygen atoms in total. The lowest BCUT2D eigenvalue weighted by Gasteiger charge is -2.18. The van der Waals surface area contributed by atoms with Crippen molar-refractivity contribution >= 4 is 31.8 Å². The van der Waals surface area contributed by atoms with E-state index in [1.54, 1.807) is 36.8 Å². The van der Waals surface area contributed by atoms with Crippen LogP contribution in [0.2, 0.25) is 0 Å². The molecule has 0 aliphatic carbocycles. The van der Waals surface area contributed by atoms with Crippen molar-refractivity contribution in [3.63, 3.8) is 0 Å². The minimum Gasteiger partial charge on any atom is -0.456 e. The quantitative estimate of drug-likeness (QED) is 0.174. The maximum absolute atomic E-state index is 15.7. The van der Waals surface area contributed by atoms with Crippen molar-refractivity contribution in [3.8, 4) is 89.7 Å². The summed E-state index contributed by atoms with van der Waals surface area (Å²) in [5.74, 6) is 0.503. The minimum absolute atomic E-state index is 0.183. The number of sulfone groups is 1. The largest absolute Gasteiger partial charge is 0.456 e. The highest BCUT2D eigenvalue weighted by Gasteiger charge is 2.31. The lowest BCUT2D eigenvalue weighted by Crippen LogP contribution is -2.06. The number of fused-ring (bicyclic) bond motifs is 12. The predicted molar refractivity (Wildman–Crippen MR) is 254 cm³/mol. The fourth-order valence-corrected chi connectivity index (χ4v) is 10.7. The van der Waals surface area contributed by atoms with Crippen LogP contribution < -0.4 is 0 Å². The zero-order valence-electron chi connectivity index (χ0n) is 34.1. The zero-order chi connectivity index (χ0) is 42.8. The molecule has 7 aromatic carbocycles. The molecular formula is C56H34N4O3S. The summed E-state index contributed by atoms with van der Waals surface area (Å²) < 4.78 is 37.8. The average molecular weight is 843 g/mol. The van der Waals surface area contributed by atoms with Gasteiger partial charge in [-0.3, -0.25) is 9.97 Å². The summed E-state index contributed by atoms with van der Waals surface area (Å²) in [5.41, 5.74) is 13.2. The highest BCUT2D eigenvalue weighted by molar-refractivity contribution is 7.91. The molecule has 302 valence electrons. The van der Waals surface area contributed by atoms with Crippen LogP contribution in [0.4, 0.5) is 0 Å². The second-order valence-electron chi connectivity index (χ2n) is 15.8. The van der Waals surface area contributed by atoms with Crippen molar-refractivity contribution in [2.24, 2.45) is 0 Å². The van der Waals surface area contributed by atoms with Crippen LogP contribution >= 0.6 is 0 Å². The van der Waals surface area contributed by atoms with Crippen LogP contribution in [0.25, 0.3) is 112 Å². The second-order valence-corrected chi connectivity index (χ2v) is 17.7. The van der Waals surface area contributed by atoms with Crippen LogP contribution in [0.3, 0.4) is 0 Å². The van der Waals surface area contributed by atoms with Gasteiger partial charge in [0.2, 0.25) is 9.84 Å². The Morgan fingerprint density at radius 2 is 1.00 bits per heavy atom. The third-order valence-corrected chi connectivity index (χ3v) is 13.9. The molecule has 64 heavy (non-hydrogen) atoms. The highest BCUT2D eigenvalue weighted by atomic mass is 32.2. The number of hydrogen-bond donors (Lipinski definition) is 0. The molecular weight excluding hydrogens is 809 g/mol. The predicted octanol–water partition coefficient (Wildman–Crippen LogP) is 13.6. The van der Waals surface area contributed by atoms with Gasteiger partial charge < -0.3 is 4.42 Å². The SMILES string of the molecule is O=S1(=O)c2ccccc2-c2ccccc2-c2ccccc2-c2ccc(-c3cc(-c4ccccc4)nc(-c4ccc(-c5cccnc5)nc4)n3)cc2-c2cc3oc4ccccc4c3cc21. The van der Waals surface area contributed by atoms with Crippen LogP contribution in [0, 0.1) is 0 Å². The zero-order valence-corrected chi connectivity index (χ0v) is 34.9. The third kappa shape index (κ3) is 6.22. The fraction of sp³-hybridized carbons (Fsp3) is 0. The van der Waals surface area contributed by atoms with E-state index in [1.165, 1.54) is 0 Å². The van der Waals surface area contributed by atoms with E-state index >= 15 is 8.42 Å². The normalized spacial score (nSPS) is 12.6. The van der Waals surface area contributed by atoms with Crippen LogP contribution in [0.5, 0.6) is 0 Å². The summed E-state index contributed by atoms with van der Waals surface area (Å²) in [6.45, 7) is 0. The molecule has 0 saturated heterocycles. The molecule has 0 amide bonds. The maximum atomic E-state index is 15.7. The number of pyridine rings is 2. The van der Waals surface area contributed by atoms with E-state index in [0.717, 1.165) is 72.2 Å². The van der Waals surface area contributed by atoms with Gasteiger partial charge in [-0.1, -0.05) is 127 Å². The van der Waals surface area contributed by atoms with E-state index in [2.05, 4.69) is 41.4 Å². The van der Waals surface area contributed by atoms with E-state index in [9.17, 15) is 0 Å². The Morgan fingerprint density at radius 3 is 1.72 bits per heavy atom. The number of hydrogen-bond acceptors (Lipinski definition) is 7. The van der Waals surface area contributed by atoms with E-state index < -0.39 is 9.84 Å². The van der Waals surface area contributed by atoms with Gasteiger partial charge in [0.05, 0.1) is 26.9 Å². The van der Waals surface area contributed by atoms with Gasteiger partial charge in [-0.15, -0.1) is 0 Å². The van der Waals surface area contributed by atoms with E-state index in [4.69, 9.17) is 19.4 Å². The number of aromatic nitrogens is 4. The van der Waals surface area contributed by atoms with Crippen molar-refractivity contribution in [1.82, 2.24) is 19.9 Å². The Hall–Kier alpha value is -8.33. The van der Waals surface area contributed by atoms with Crippen molar-refractivity contribution in [2.45, 2.75) is 9.79 Å². The van der Waals surface area contributed by atoms with Crippen molar-refractivity contribution in [3.05, 3.63) is 207 Å². The van der Waals surface area contributed by atoms with Gasteiger partial charge in [-0.25, -0.2) is 18.4 Å². The molecule has 0 unspecified atom stereocenters. The molecule has 4 aromatic heterocycles. The van der Waals surface area contributed by atoms with E-state index in [0.29, 0.717) is 39.4 Å². The first-order valence-corrected chi connectivity index (χ1v) is 22.4. The van der Waals surface area contributed by atoms with Gasteiger partial charge in [0, 0.05) is 62.7 Å². The van der Waals surface area contributed by atoms with Crippen molar-refractivity contribution in [2.75, 3.05) is 0 Å². The Bertz CT molecular complexity index is 3740. The number of rotatable bonds is 4. The molecule has 0 bridgehead atoms. The third-order valence-electron chi connectivity index (χ3n) is 12.0. The summed E-state index contributed by atoms with van der Waals surface area (Å²) in [5, 5.41) is 1.56. The standard InChI is InChI=1S/C56H34N4O3S/c61-64(62)54-23-11-9-21-45(54)42-19-7-6-17-40(42)39-16-4-5-18-41(39)43-26-24-36(29-46(43)48-30-53-47(31-55(48)64)44-20-8-10-22-52(44)63-53)51-32-50(35-13-2-1-3-14-35)59-56(60-51)38-25-27-49(58-34-38)37-15-12-28-57-33-37/h1-34H. The molecule has 8 heteroatoms. The highest BCUT2D eigenvalue weighted by Crippen LogP contribution is 2.49. The summed E-state index contributed by atoms with van der Waals surface area (Å²) in [7, 11) is -4.19. The first kappa shape index (κ1) is 37.4. The molecule has 0 spiro atoms. The molecule has 1 aliphatic heterocycles. The van der Waals surface area contributed by atoms with E-state index in [1.807, 2.05) is 133 Å². The molecule has 1 aliphatic rings. The molecule has 0 atom stereocenters. The maximum Gasteiger partial charge on any atom is 0.207 e. The summed E-state index contributed by atoms with van der Waals surface area (Å²) in [4.78, 5) is 19.7. The molecule has 0 fully saturated rings. The lowest BCUT2D eigenvalue weighted by atomic mass is 9.85. The van der Waals surface area contributed by atoms with Crippen LogP contribution in [-0.2, 0) is 9.84 Å². The molecule has 0 radical (unpaired) electrons. The summed E-state index contributed by atoms with van der Waals surface area (Å²) in [6.07, 6.45) is 5.32. The molecule has 5 heterocycles. The Balaban J connectivity index is 1.15. The van der Waals surface area contributed by atoms with Crippen LogP contribution in [0.15, 0.2) is 221 Å². The molecule has 0 saturated carbocycles. The topological polar surface area (TPSA) is 98.8 Å². The van der Waals surface area contributed by atoms with Crippen LogP contribution in [-0.4, -0.2) is 28.4 Å². The fourth-order valence-electron chi connectivity index (χ4n) is 8.99. The van der Waals surface area contributed by atoms with E-state index in [-0.39, 0.29) is 9.79 Å². The number of furan rings is 1. The van der Waals surface area contributed by atoms with Gasteiger partial charge in [0.15, 0.2) is 5.82 Å². The van der Waals surface area contributed by atoms with Crippen LogP contribution in [0.1, 0.15) is 0 Å². The van der Waals surface area contributed by atoms with Crippen molar-refractivity contribution < 1.29 is 12.8 Å². The smallest absolute Gasteiger partial charge is 0.207 e. The average Bonchev–Trinajstić information content (AvgIpc) is 3.73. The molecule has 12 rings (SSSR count). The first-order chi connectivity index (χ1) is 31.5. The monoisotopic (exact) mass is 842 g/mol. The van der Waals surface area contributed by atoms with Gasteiger partial charge in [0.25, 0.3) is 0 Å². The number of benzene rings is 7. The van der Waals surface area contributed by atoms with Gasteiger partial charge in [-0.05, 0) is 94.0 Å². The van der Waals surface area contributed by atoms with Gasteiger partial charge >= 0.3 is 0 Å². The number of nitrogens with zero attached hydrogens (tertiary/aromatic N) is 4. The summed E-state index contributed by atoms with van der Waals surface area (Å²) in [6, 6.07) is 61.1. The minimum atomic E-state index is -4.19. The molecule has 11 aromatic rings. The Labute approximate surface area is 369 Å². The Kier molecular flexibility index (Phi) is 8.74. The Morgan fingerprint density at radius 1 is 0.375 bits per heavy atom. The lowest BCUT2D eigenvalue weighted by molar-refractivity contribution is 0.596. The van der Waals surface area contributed by atoms with Gasteiger partial charge in [-0.2, -0.15) is 0 Å². The number of para-hydroxylation sites is 1.